The molecule has 0 aliphatic carbocycles. The van der Waals surface area contributed by atoms with Crippen LogP contribution in [0.5, 0.6) is 0 Å². The van der Waals surface area contributed by atoms with Crippen molar-refractivity contribution in [3.05, 3.63) is 76.3 Å². The van der Waals surface area contributed by atoms with Crippen LogP contribution in [0.2, 0.25) is 0 Å². The number of hydrogen-bond donors (Lipinski definition) is 1. The molecule has 1 aromatic carbocycles. The van der Waals surface area contributed by atoms with Crippen LogP contribution >= 0.6 is 0 Å². The second-order valence-electron chi connectivity index (χ2n) is 8.82. The lowest BCUT2D eigenvalue weighted by molar-refractivity contribution is -0.135. The predicted octanol–water partition coefficient (Wildman–Crippen LogP) is 2.35. The summed E-state index contributed by atoms with van der Waals surface area (Å²) in [5, 5.41) is 8.06. The minimum Gasteiger partial charge on any atom is -0.483 e. The molecule has 8 nitrogen and oxygen atoms in total. The van der Waals surface area contributed by atoms with Crippen LogP contribution in [0, 0.1) is 5.92 Å². The van der Waals surface area contributed by atoms with Gasteiger partial charge in [-0.3, -0.25) is 28.8 Å². The monoisotopic (exact) mass is 448 g/mol. The number of rotatable bonds is 3. The highest BCUT2D eigenvalue weighted by molar-refractivity contribution is 5.82. The van der Waals surface area contributed by atoms with E-state index in [-0.39, 0.29) is 29.8 Å². The van der Waals surface area contributed by atoms with Gasteiger partial charge in [0.05, 0.1) is 5.52 Å². The van der Waals surface area contributed by atoms with Crippen LogP contribution < -0.4 is 5.56 Å². The molecule has 0 saturated carbocycles. The number of pyridine rings is 2. The van der Waals surface area contributed by atoms with Crippen LogP contribution in [0.25, 0.3) is 10.9 Å². The molecule has 1 amide bonds. The van der Waals surface area contributed by atoms with Gasteiger partial charge in [0, 0.05) is 68.9 Å². The number of carbonyl (C=O) groups is 2. The number of carbonyl (C=O) groups excluding carboxylic acids is 1. The van der Waals surface area contributed by atoms with Gasteiger partial charge in [0.25, 0.3) is 12.0 Å². The van der Waals surface area contributed by atoms with E-state index in [1.165, 1.54) is 10.9 Å². The van der Waals surface area contributed by atoms with E-state index in [1.54, 1.807) is 29.6 Å². The Labute approximate surface area is 192 Å². The van der Waals surface area contributed by atoms with Gasteiger partial charge >= 0.3 is 0 Å². The maximum absolute atomic E-state index is 13.1. The molecule has 33 heavy (non-hydrogen) atoms. The fraction of sp³-hybridized carbons (Fsp3) is 0.360. The van der Waals surface area contributed by atoms with E-state index in [4.69, 9.17) is 9.90 Å². The van der Waals surface area contributed by atoms with Gasteiger partial charge in [-0.15, -0.1) is 0 Å². The Bertz CT molecular complexity index is 1220. The summed E-state index contributed by atoms with van der Waals surface area (Å²) >= 11 is 0. The lowest BCUT2D eigenvalue weighted by Gasteiger charge is -2.46. The number of benzene rings is 1. The Morgan fingerprint density at radius 1 is 1.15 bits per heavy atom. The lowest BCUT2D eigenvalue weighted by Crippen LogP contribution is -2.52. The fourth-order valence-electron chi connectivity index (χ4n) is 5.27. The van der Waals surface area contributed by atoms with Gasteiger partial charge < -0.3 is 10.0 Å². The first kappa shape index (κ1) is 22.7. The topological polar surface area (TPSA) is 95.7 Å². The Hall–Kier alpha value is -3.52. The summed E-state index contributed by atoms with van der Waals surface area (Å²) in [6, 6.07) is 15.3. The van der Waals surface area contributed by atoms with Crippen molar-refractivity contribution in [2.75, 3.05) is 27.2 Å². The van der Waals surface area contributed by atoms with Crippen LogP contribution in [-0.4, -0.2) is 64.0 Å². The van der Waals surface area contributed by atoms with Crippen molar-refractivity contribution in [1.29, 1.82) is 0 Å². The minimum atomic E-state index is -0.433. The SMILES string of the molecule is CN(C)C(=O)[C@H]1[C@H]2C[C@H](CN(Cc3ccnc4ccccc34)C2)c2cccc(=O)n21.O=CO. The first-order valence-electron chi connectivity index (χ1n) is 11.0. The number of para-hydroxylation sites is 1. The van der Waals surface area contributed by atoms with Crippen molar-refractivity contribution in [2.24, 2.45) is 5.92 Å². The van der Waals surface area contributed by atoms with Crippen LogP contribution in [0.15, 0.2) is 59.5 Å². The molecule has 0 radical (unpaired) electrons. The standard InChI is InChI=1S/C24H26N4O2.CH2O2/c1-26(2)24(30)23-18-12-17(21-8-5-9-22(29)28(21)23)14-27(15-18)13-16-10-11-25-20-7-4-3-6-19(16)20;2-1-3/h3-11,17-18,23H,12-15H2,1-2H3;1H,(H,2,3)/t17-,18+,23-;/m1./s1. The Morgan fingerprint density at radius 2 is 1.91 bits per heavy atom. The number of amides is 1. The smallest absolute Gasteiger partial charge is 0.290 e. The first-order chi connectivity index (χ1) is 15.9. The summed E-state index contributed by atoms with van der Waals surface area (Å²) in [5.41, 5.74) is 3.17. The van der Waals surface area contributed by atoms with E-state index in [1.807, 2.05) is 36.5 Å². The molecule has 5 rings (SSSR count). The predicted molar refractivity (Wildman–Crippen MR) is 125 cm³/mol. The highest BCUT2D eigenvalue weighted by atomic mass is 16.3. The molecule has 3 atom stereocenters. The number of likely N-dealkylation sites (N-methyl/N-ethyl adjacent to an activating group) is 1. The molecule has 2 aromatic heterocycles. The molecule has 3 aromatic rings. The Kier molecular flexibility index (Phi) is 6.55. The zero-order valence-electron chi connectivity index (χ0n) is 18.8. The zero-order chi connectivity index (χ0) is 23.5. The van der Waals surface area contributed by atoms with Crippen LogP contribution in [-0.2, 0) is 16.1 Å². The van der Waals surface area contributed by atoms with Crippen molar-refractivity contribution in [1.82, 2.24) is 19.4 Å². The number of piperidine rings is 1. The Balaban J connectivity index is 0.000000821. The van der Waals surface area contributed by atoms with Gasteiger partial charge in [-0.05, 0) is 30.2 Å². The quantitative estimate of drug-likeness (QED) is 0.618. The highest BCUT2D eigenvalue weighted by Gasteiger charge is 2.44. The Morgan fingerprint density at radius 3 is 2.67 bits per heavy atom. The van der Waals surface area contributed by atoms with E-state index >= 15 is 0 Å². The molecular formula is C25H28N4O4. The normalized spacial score (nSPS) is 21.5. The molecule has 2 bridgehead atoms. The average molecular weight is 449 g/mol. The molecule has 2 aliphatic rings. The summed E-state index contributed by atoms with van der Waals surface area (Å²) in [4.78, 5) is 42.7. The number of aromatic nitrogens is 2. The van der Waals surface area contributed by atoms with Crippen LogP contribution in [0.4, 0.5) is 0 Å². The van der Waals surface area contributed by atoms with E-state index in [9.17, 15) is 9.59 Å². The summed E-state index contributed by atoms with van der Waals surface area (Å²) < 4.78 is 1.76. The van der Waals surface area contributed by atoms with Gasteiger partial charge in [-0.2, -0.15) is 0 Å². The molecule has 172 valence electrons. The van der Waals surface area contributed by atoms with Gasteiger partial charge in [0.15, 0.2) is 0 Å². The van der Waals surface area contributed by atoms with Gasteiger partial charge in [-0.1, -0.05) is 24.3 Å². The maximum atomic E-state index is 13.1. The highest BCUT2D eigenvalue weighted by Crippen LogP contribution is 2.42. The molecule has 0 spiro atoms. The van der Waals surface area contributed by atoms with Gasteiger partial charge in [-0.25, -0.2) is 0 Å². The average Bonchev–Trinajstić information content (AvgIpc) is 2.80. The number of carboxylic acid groups (broad SMARTS) is 1. The molecular weight excluding hydrogens is 420 g/mol. The fourth-order valence-corrected chi connectivity index (χ4v) is 5.27. The third-order valence-electron chi connectivity index (χ3n) is 6.55. The van der Waals surface area contributed by atoms with Crippen molar-refractivity contribution >= 4 is 23.3 Å². The van der Waals surface area contributed by atoms with Gasteiger partial charge in [0.1, 0.15) is 6.04 Å². The summed E-state index contributed by atoms with van der Waals surface area (Å²) in [5.74, 6) is 0.389. The zero-order valence-corrected chi connectivity index (χ0v) is 18.8. The van der Waals surface area contributed by atoms with Gasteiger partial charge in [0.2, 0.25) is 5.91 Å². The third kappa shape index (κ3) is 4.39. The number of hydrogen-bond acceptors (Lipinski definition) is 5. The first-order valence-corrected chi connectivity index (χ1v) is 11.0. The number of nitrogens with zero attached hydrogens (tertiary/aromatic N) is 4. The van der Waals surface area contributed by atoms with E-state index in [2.05, 4.69) is 22.0 Å². The molecule has 2 aliphatic heterocycles. The van der Waals surface area contributed by atoms with Crippen molar-refractivity contribution in [3.8, 4) is 0 Å². The van der Waals surface area contributed by atoms with Crippen molar-refractivity contribution < 1.29 is 14.7 Å². The second-order valence-corrected chi connectivity index (χ2v) is 8.82. The molecule has 1 saturated heterocycles. The van der Waals surface area contributed by atoms with Crippen LogP contribution in [0.3, 0.4) is 0 Å². The largest absolute Gasteiger partial charge is 0.483 e. The summed E-state index contributed by atoms with van der Waals surface area (Å²) in [7, 11) is 3.54. The number of likely N-dealkylation sites (tertiary alicyclic amines) is 1. The van der Waals surface area contributed by atoms with E-state index in [0.29, 0.717) is 0 Å². The molecule has 1 fully saturated rings. The molecule has 4 heterocycles. The number of fused-ring (bicyclic) bond motifs is 5. The third-order valence-corrected chi connectivity index (χ3v) is 6.55. The van der Waals surface area contributed by atoms with Crippen LogP contribution in [0.1, 0.15) is 29.6 Å². The van der Waals surface area contributed by atoms with Crippen molar-refractivity contribution in [3.63, 3.8) is 0 Å². The minimum absolute atomic E-state index is 0.00390. The molecule has 0 unspecified atom stereocenters. The second kappa shape index (κ2) is 9.54. The lowest BCUT2D eigenvalue weighted by atomic mass is 9.78. The van der Waals surface area contributed by atoms with E-state index < -0.39 is 6.04 Å². The van der Waals surface area contributed by atoms with E-state index in [0.717, 1.165) is 37.3 Å². The molecule has 8 heteroatoms. The summed E-state index contributed by atoms with van der Waals surface area (Å²) in [6.07, 6.45) is 2.82. The molecule has 1 N–H and O–H groups in total. The maximum Gasteiger partial charge on any atom is 0.290 e. The van der Waals surface area contributed by atoms with Crippen molar-refractivity contribution in [2.45, 2.75) is 24.9 Å². The summed E-state index contributed by atoms with van der Waals surface area (Å²) in [6.45, 7) is 2.26.